The average Bonchev–Trinajstić information content (AvgIpc) is 3.50. The third kappa shape index (κ3) is 5.95. The molecule has 0 spiro atoms. The van der Waals surface area contributed by atoms with Crippen molar-refractivity contribution in [1.82, 2.24) is 9.97 Å². The molecule has 9 nitrogen and oxygen atoms in total. The number of nitrogens with zero attached hydrogens (tertiary/aromatic N) is 3. The first-order valence-electron chi connectivity index (χ1n) is 15.0. The quantitative estimate of drug-likeness (QED) is 0.240. The number of rotatable bonds is 7. The van der Waals surface area contributed by atoms with Crippen molar-refractivity contribution in [2.45, 2.75) is 64.9 Å². The lowest BCUT2D eigenvalue weighted by molar-refractivity contribution is -0.125. The molecule has 6 rings (SSSR count). The van der Waals surface area contributed by atoms with Gasteiger partial charge in [0.15, 0.2) is 0 Å². The Morgan fingerprint density at radius 3 is 2.09 bits per heavy atom. The van der Waals surface area contributed by atoms with Crippen molar-refractivity contribution in [3.8, 4) is 11.1 Å². The molecule has 1 amide bonds. The first-order chi connectivity index (χ1) is 21.5. The smallest absolute Gasteiger partial charge is 0.338 e. The second kappa shape index (κ2) is 11.9. The van der Waals surface area contributed by atoms with Gasteiger partial charge in [-0.25, -0.2) is 19.6 Å². The summed E-state index contributed by atoms with van der Waals surface area (Å²) >= 11 is 0. The summed E-state index contributed by atoms with van der Waals surface area (Å²) in [5.74, 6) is -0.508. The first kappa shape index (κ1) is 30.1. The van der Waals surface area contributed by atoms with Gasteiger partial charge in [0.2, 0.25) is 5.91 Å². The molecule has 1 unspecified atom stereocenters. The number of hydrogen-bond donors (Lipinski definition) is 0. The van der Waals surface area contributed by atoms with E-state index in [2.05, 4.69) is 9.97 Å². The highest BCUT2D eigenvalue weighted by Gasteiger charge is 2.51. The van der Waals surface area contributed by atoms with Gasteiger partial charge in [0.1, 0.15) is 30.9 Å². The molecule has 1 fully saturated rings. The van der Waals surface area contributed by atoms with Crippen molar-refractivity contribution in [2.24, 2.45) is 0 Å². The van der Waals surface area contributed by atoms with Crippen LogP contribution in [0.3, 0.4) is 0 Å². The number of anilines is 1. The molecule has 45 heavy (non-hydrogen) atoms. The molecule has 0 bridgehead atoms. The van der Waals surface area contributed by atoms with Crippen molar-refractivity contribution in [3.63, 3.8) is 0 Å². The molecule has 3 atom stereocenters. The Labute approximate surface area is 262 Å². The van der Waals surface area contributed by atoms with Gasteiger partial charge in [0.05, 0.1) is 22.2 Å². The number of hydrogen-bond acceptors (Lipinski definition) is 8. The summed E-state index contributed by atoms with van der Waals surface area (Å²) in [6.07, 6.45) is 1.36. The fourth-order valence-corrected chi connectivity index (χ4v) is 5.75. The maximum atomic E-state index is 14.0. The zero-order valence-corrected chi connectivity index (χ0v) is 25.9. The van der Waals surface area contributed by atoms with Crippen LogP contribution in [0.5, 0.6) is 0 Å². The molecular weight excluding hydrogens is 570 g/mol. The number of amides is 1. The normalized spacial score (nSPS) is 20.2. The number of fused-ring (bicyclic) bond motifs is 1. The predicted molar refractivity (Wildman–Crippen MR) is 168 cm³/mol. The molecule has 0 saturated carbocycles. The van der Waals surface area contributed by atoms with E-state index in [4.69, 9.17) is 14.2 Å². The number of carbonyl (C=O) groups is 3. The first-order valence-corrected chi connectivity index (χ1v) is 15.0. The number of ether oxygens (including phenoxy) is 3. The van der Waals surface area contributed by atoms with E-state index < -0.39 is 35.8 Å². The Bertz CT molecular complexity index is 1750. The Hall–Kier alpha value is -4.89. The van der Waals surface area contributed by atoms with E-state index in [1.54, 1.807) is 41.6 Å². The summed E-state index contributed by atoms with van der Waals surface area (Å²) < 4.78 is 18.0. The largest absolute Gasteiger partial charge is 0.459 e. The maximum Gasteiger partial charge on any atom is 0.338 e. The van der Waals surface area contributed by atoms with Crippen molar-refractivity contribution < 1.29 is 28.6 Å². The van der Waals surface area contributed by atoms with Crippen LogP contribution in [0.15, 0.2) is 79.1 Å². The summed E-state index contributed by atoms with van der Waals surface area (Å²) in [4.78, 5) is 50.3. The lowest BCUT2D eigenvalue weighted by atomic mass is 9.85. The minimum atomic E-state index is -0.814. The van der Waals surface area contributed by atoms with Crippen molar-refractivity contribution in [3.05, 3.63) is 113 Å². The molecule has 9 heteroatoms. The van der Waals surface area contributed by atoms with Gasteiger partial charge in [-0.05, 0) is 76.1 Å². The van der Waals surface area contributed by atoms with Gasteiger partial charge in [-0.2, -0.15) is 0 Å². The van der Waals surface area contributed by atoms with Gasteiger partial charge >= 0.3 is 11.9 Å². The summed E-state index contributed by atoms with van der Waals surface area (Å²) in [5, 5.41) is 0. The average molecular weight is 606 g/mol. The highest BCUT2D eigenvalue weighted by atomic mass is 16.6. The second-order valence-electron chi connectivity index (χ2n) is 12.2. The van der Waals surface area contributed by atoms with E-state index >= 15 is 0 Å². The van der Waals surface area contributed by atoms with E-state index in [1.165, 1.54) is 0 Å². The molecule has 3 heterocycles. The topological polar surface area (TPSA) is 108 Å². The molecule has 4 aromatic rings. The highest BCUT2D eigenvalue weighted by Crippen LogP contribution is 2.46. The standard InChI is InChI=1S/C36H35N3O6/c1-21-6-10-24(11-7-21)33(40)43-20-31-30(45-34(41)25-12-8-22(2)9-13-25)17-32(44-31)39-29-16-26(27-18-37-23(3)38-19-27)14-15-28(29)36(4,5)35(39)42/h6-16,18-19,30-32H,17,20H2,1-5H3/t30-,31-,32?/m0/s1. The van der Waals surface area contributed by atoms with Gasteiger partial charge < -0.3 is 14.2 Å². The fraction of sp³-hybridized carbons (Fsp3) is 0.306. The lowest BCUT2D eigenvalue weighted by Crippen LogP contribution is -2.43. The summed E-state index contributed by atoms with van der Waals surface area (Å²) in [5.41, 5.74) is 5.26. The van der Waals surface area contributed by atoms with Gasteiger partial charge in [-0.1, -0.05) is 47.5 Å². The van der Waals surface area contributed by atoms with Gasteiger partial charge in [-0.15, -0.1) is 0 Å². The number of benzene rings is 3. The van der Waals surface area contributed by atoms with Crippen molar-refractivity contribution in [1.29, 1.82) is 0 Å². The van der Waals surface area contributed by atoms with E-state index in [0.717, 1.165) is 27.8 Å². The van der Waals surface area contributed by atoms with Gasteiger partial charge in [0.25, 0.3) is 0 Å². The van der Waals surface area contributed by atoms with Crippen molar-refractivity contribution in [2.75, 3.05) is 11.5 Å². The van der Waals surface area contributed by atoms with Crippen LogP contribution in [-0.2, 0) is 24.4 Å². The number of esters is 2. The molecule has 0 N–H and O–H groups in total. The Kier molecular flexibility index (Phi) is 7.97. The summed E-state index contributed by atoms with van der Waals surface area (Å²) in [6.45, 7) is 9.30. The Morgan fingerprint density at radius 2 is 1.47 bits per heavy atom. The Balaban J connectivity index is 1.29. The Morgan fingerprint density at radius 1 is 0.867 bits per heavy atom. The molecule has 230 valence electrons. The minimum absolute atomic E-state index is 0.138. The number of aromatic nitrogens is 2. The van der Waals surface area contributed by atoms with Crippen molar-refractivity contribution >= 4 is 23.5 Å². The summed E-state index contributed by atoms with van der Waals surface area (Å²) in [6, 6.07) is 20.0. The zero-order valence-electron chi connectivity index (χ0n) is 25.9. The third-order valence-corrected chi connectivity index (χ3v) is 8.48. The van der Waals surface area contributed by atoms with E-state index in [0.29, 0.717) is 22.6 Å². The maximum absolute atomic E-state index is 14.0. The van der Waals surface area contributed by atoms with Crippen LogP contribution >= 0.6 is 0 Å². The van der Waals surface area contributed by atoms with Crippen LogP contribution in [0.1, 0.15) is 63.5 Å². The van der Waals surface area contributed by atoms with E-state index in [-0.39, 0.29) is 18.9 Å². The molecule has 0 radical (unpaired) electrons. The van der Waals surface area contributed by atoms with Crippen LogP contribution in [0.4, 0.5) is 5.69 Å². The molecule has 3 aromatic carbocycles. The monoisotopic (exact) mass is 605 g/mol. The van der Waals surface area contributed by atoms with Crippen LogP contribution in [0.2, 0.25) is 0 Å². The molecular formula is C36H35N3O6. The second-order valence-corrected chi connectivity index (χ2v) is 12.2. The molecule has 0 aliphatic carbocycles. The van der Waals surface area contributed by atoms with E-state index in [1.807, 2.05) is 77.1 Å². The predicted octanol–water partition coefficient (Wildman–Crippen LogP) is 5.89. The molecule has 2 aliphatic heterocycles. The number of carbonyl (C=O) groups excluding carboxylic acids is 3. The number of aryl methyl sites for hydroxylation is 3. The third-order valence-electron chi connectivity index (χ3n) is 8.48. The van der Waals surface area contributed by atoms with E-state index in [9.17, 15) is 14.4 Å². The lowest BCUT2D eigenvalue weighted by Gasteiger charge is -2.26. The minimum Gasteiger partial charge on any atom is -0.459 e. The van der Waals surface area contributed by atoms with Crippen LogP contribution in [0, 0.1) is 20.8 Å². The molecule has 1 saturated heterocycles. The molecule has 1 aromatic heterocycles. The molecule has 2 aliphatic rings. The zero-order chi connectivity index (χ0) is 31.9. The van der Waals surface area contributed by atoms with Crippen LogP contribution in [-0.4, -0.2) is 52.9 Å². The van der Waals surface area contributed by atoms with Crippen LogP contribution < -0.4 is 4.90 Å². The summed E-state index contributed by atoms with van der Waals surface area (Å²) in [7, 11) is 0. The van der Waals surface area contributed by atoms with Gasteiger partial charge in [0, 0.05) is 24.4 Å². The highest BCUT2D eigenvalue weighted by molar-refractivity contribution is 6.08. The SMILES string of the molecule is Cc1ccc(C(=O)OC[C@@H]2OC(N3C(=O)C(C)(C)c4ccc(-c5cnc(C)nc5)cc43)C[C@@H]2OC(=O)c2ccc(C)cc2)cc1. The van der Waals surface area contributed by atoms with Crippen LogP contribution in [0.25, 0.3) is 11.1 Å². The fourth-order valence-electron chi connectivity index (χ4n) is 5.75. The van der Waals surface area contributed by atoms with Gasteiger partial charge in [-0.3, -0.25) is 9.69 Å².